The molecule has 0 bridgehead atoms. The maximum atomic E-state index is 12.2. The molecule has 2 aromatic rings. The Morgan fingerprint density at radius 3 is 2.72 bits per heavy atom. The lowest BCUT2D eigenvalue weighted by molar-refractivity contribution is 0.0902. The first-order valence-corrected chi connectivity index (χ1v) is 8.60. The number of nitrogens with one attached hydrogen (secondary N) is 1. The smallest absolute Gasteiger partial charge is 0.290 e. The van der Waals surface area contributed by atoms with E-state index in [4.69, 9.17) is 14.0 Å². The van der Waals surface area contributed by atoms with Crippen molar-refractivity contribution in [2.75, 3.05) is 13.7 Å². The van der Waals surface area contributed by atoms with E-state index in [1.807, 2.05) is 25.1 Å². The van der Waals surface area contributed by atoms with Crippen LogP contribution in [0.1, 0.15) is 61.0 Å². The van der Waals surface area contributed by atoms with Gasteiger partial charge < -0.3 is 19.3 Å². The molecule has 0 spiro atoms. The van der Waals surface area contributed by atoms with Gasteiger partial charge in [-0.2, -0.15) is 0 Å². The van der Waals surface area contributed by atoms with Crippen molar-refractivity contribution >= 4 is 5.91 Å². The summed E-state index contributed by atoms with van der Waals surface area (Å²) in [5, 5.41) is 6.61. The number of hydrogen-bond donors (Lipinski definition) is 1. The van der Waals surface area contributed by atoms with Crippen LogP contribution in [0.3, 0.4) is 0 Å². The van der Waals surface area contributed by atoms with Crippen molar-refractivity contribution in [2.45, 2.75) is 46.1 Å². The van der Waals surface area contributed by atoms with Crippen LogP contribution < -0.4 is 14.8 Å². The maximum Gasteiger partial charge on any atom is 0.290 e. The van der Waals surface area contributed by atoms with Gasteiger partial charge in [0.1, 0.15) is 0 Å². The van der Waals surface area contributed by atoms with E-state index in [0.29, 0.717) is 23.8 Å². The molecule has 6 heteroatoms. The average Bonchev–Trinajstić information content (AvgIpc) is 3.05. The van der Waals surface area contributed by atoms with E-state index in [9.17, 15) is 4.79 Å². The molecule has 0 fully saturated rings. The molecule has 1 aromatic heterocycles. The van der Waals surface area contributed by atoms with Crippen LogP contribution in [0.5, 0.6) is 11.5 Å². The molecule has 0 aliphatic carbocycles. The highest BCUT2D eigenvalue weighted by Crippen LogP contribution is 2.30. The number of carbonyl (C=O) groups is 1. The first kappa shape index (κ1) is 18.8. The zero-order valence-corrected chi connectivity index (χ0v) is 15.3. The molecule has 1 heterocycles. The predicted octanol–water partition coefficient (Wildman–Crippen LogP) is 4.05. The van der Waals surface area contributed by atoms with E-state index < -0.39 is 0 Å². The predicted molar refractivity (Wildman–Crippen MR) is 95.1 cm³/mol. The van der Waals surface area contributed by atoms with Gasteiger partial charge in [-0.1, -0.05) is 31.0 Å². The molecule has 0 saturated heterocycles. The molecule has 0 aliphatic heterocycles. The van der Waals surface area contributed by atoms with Crippen LogP contribution in [0.25, 0.3) is 0 Å². The van der Waals surface area contributed by atoms with Gasteiger partial charge >= 0.3 is 0 Å². The van der Waals surface area contributed by atoms with Crippen molar-refractivity contribution in [2.24, 2.45) is 0 Å². The Bertz CT molecular complexity index is 696. The van der Waals surface area contributed by atoms with Crippen LogP contribution in [0.2, 0.25) is 0 Å². The molecule has 0 radical (unpaired) electrons. The quantitative estimate of drug-likeness (QED) is 0.693. The van der Waals surface area contributed by atoms with Gasteiger partial charge in [0, 0.05) is 6.07 Å². The number of unbranched alkanes of at least 4 members (excludes halogenated alkanes) is 2. The number of nitrogens with zero attached hydrogens (tertiary/aromatic N) is 1. The van der Waals surface area contributed by atoms with Gasteiger partial charge in [-0.25, -0.2) is 0 Å². The molecule has 136 valence electrons. The summed E-state index contributed by atoms with van der Waals surface area (Å²) in [5.41, 5.74) is 1.59. The lowest BCUT2D eigenvalue weighted by Crippen LogP contribution is -2.26. The van der Waals surface area contributed by atoms with Gasteiger partial charge in [-0.15, -0.1) is 0 Å². The van der Waals surface area contributed by atoms with Crippen LogP contribution in [-0.2, 0) is 0 Å². The van der Waals surface area contributed by atoms with Gasteiger partial charge in [0.2, 0.25) is 5.76 Å². The lowest BCUT2D eigenvalue weighted by atomic mass is 10.1. The van der Waals surface area contributed by atoms with Gasteiger partial charge in [0.05, 0.1) is 25.5 Å². The minimum absolute atomic E-state index is 0.201. The van der Waals surface area contributed by atoms with Gasteiger partial charge in [0.25, 0.3) is 5.91 Å². The molecule has 0 unspecified atom stereocenters. The van der Waals surface area contributed by atoms with Crippen LogP contribution in [0.4, 0.5) is 0 Å². The summed E-state index contributed by atoms with van der Waals surface area (Å²) in [4.78, 5) is 12.2. The fraction of sp³-hybridized carbons (Fsp3) is 0.474. The molecule has 0 saturated carbocycles. The van der Waals surface area contributed by atoms with Gasteiger partial charge in [0.15, 0.2) is 11.5 Å². The number of amides is 1. The number of aryl methyl sites for hydroxylation is 1. The highest BCUT2D eigenvalue weighted by molar-refractivity contribution is 5.91. The number of ether oxygens (including phenoxy) is 2. The van der Waals surface area contributed by atoms with Crippen LogP contribution in [0, 0.1) is 6.92 Å². The molecule has 6 nitrogen and oxygen atoms in total. The number of rotatable bonds is 9. The summed E-state index contributed by atoms with van der Waals surface area (Å²) in [5.74, 6) is 1.27. The second-order valence-corrected chi connectivity index (χ2v) is 5.99. The van der Waals surface area contributed by atoms with Crippen molar-refractivity contribution < 1.29 is 18.8 Å². The van der Waals surface area contributed by atoms with E-state index in [-0.39, 0.29) is 17.7 Å². The van der Waals surface area contributed by atoms with Gasteiger partial charge in [-0.3, -0.25) is 4.79 Å². The molecular formula is C19H26N2O4. The third-order valence-electron chi connectivity index (χ3n) is 3.89. The lowest BCUT2D eigenvalue weighted by Gasteiger charge is -2.16. The van der Waals surface area contributed by atoms with Crippen LogP contribution in [-0.4, -0.2) is 24.8 Å². The average molecular weight is 346 g/mol. The van der Waals surface area contributed by atoms with Crippen LogP contribution in [0.15, 0.2) is 28.8 Å². The van der Waals surface area contributed by atoms with Crippen molar-refractivity contribution in [3.63, 3.8) is 0 Å². The number of hydrogen-bond acceptors (Lipinski definition) is 5. The Balaban J connectivity index is 2.01. The second-order valence-electron chi connectivity index (χ2n) is 5.99. The highest BCUT2D eigenvalue weighted by atomic mass is 16.5. The minimum Gasteiger partial charge on any atom is -0.493 e. The molecule has 1 aromatic carbocycles. The third-order valence-corrected chi connectivity index (χ3v) is 3.89. The van der Waals surface area contributed by atoms with Gasteiger partial charge in [-0.05, 0) is 38.0 Å². The van der Waals surface area contributed by atoms with E-state index in [2.05, 4.69) is 17.4 Å². The zero-order valence-electron chi connectivity index (χ0n) is 15.3. The normalized spacial score (nSPS) is 11.8. The third kappa shape index (κ3) is 5.24. The van der Waals surface area contributed by atoms with Crippen molar-refractivity contribution in [3.8, 4) is 11.5 Å². The number of carbonyl (C=O) groups excluding carboxylic acids is 1. The second kappa shape index (κ2) is 9.11. The van der Waals surface area contributed by atoms with E-state index >= 15 is 0 Å². The highest BCUT2D eigenvalue weighted by Gasteiger charge is 2.17. The SMILES string of the molecule is CCCCCOc1ccc([C@H](C)NC(=O)c2cc(C)no2)cc1OC. The molecular weight excluding hydrogens is 320 g/mol. The number of methoxy groups -OCH3 is 1. The number of aromatic nitrogens is 1. The van der Waals surface area contributed by atoms with E-state index in [1.54, 1.807) is 20.1 Å². The molecule has 25 heavy (non-hydrogen) atoms. The molecule has 0 aliphatic rings. The Hall–Kier alpha value is -2.50. The summed E-state index contributed by atoms with van der Waals surface area (Å²) in [6.07, 6.45) is 3.32. The Morgan fingerprint density at radius 1 is 1.28 bits per heavy atom. The summed E-state index contributed by atoms with van der Waals surface area (Å²) < 4.78 is 16.2. The molecule has 1 amide bonds. The molecule has 2 rings (SSSR count). The summed E-state index contributed by atoms with van der Waals surface area (Å²) in [7, 11) is 1.61. The Morgan fingerprint density at radius 2 is 2.08 bits per heavy atom. The van der Waals surface area contributed by atoms with Crippen molar-refractivity contribution in [1.82, 2.24) is 10.5 Å². The maximum absolute atomic E-state index is 12.2. The first-order valence-electron chi connectivity index (χ1n) is 8.60. The van der Waals surface area contributed by atoms with Crippen LogP contribution >= 0.6 is 0 Å². The minimum atomic E-state index is -0.299. The largest absolute Gasteiger partial charge is 0.493 e. The van der Waals surface area contributed by atoms with E-state index in [0.717, 1.165) is 24.8 Å². The fourth-order valence-electron chi connectivity index (χ4n) is 2.43. The van der Waals surface area contributed by atoms with E-state index in [1.165, 1.54) is 0 Å². The summed E-state index contributed by atoms with van der Waals surface area (Å²) in [6.45, 7) is 6.50. The number of benzene rings is 1. The topological polar surface area (TPSA) is 73.6 Å². The Labute approximate surface area is 148 Å². The Kier molecular flexibility index (Phi) is 6.86. The monoisotopic (exact) mass is 346 g/mol. The zero-order chi connectivity index (χ0) is 18.2. The molecule has 1 atom stereocenters. The standard InChI is InChI=1S/C19H26N2O4/c1-5-6-7-10-24-16-9-8-15(12-17(16)23-4)14(3)20-19(22)18-11-13(2)21-25-18/h8-9,11-12,14H,5-7,10H2,1-4H3,(H,20,22)/t14-/m0/s1. The summed E-state index contributed by atoms with van der Waals surface area (Å²) >= 11 is 0. The van der Waals surface area contributed by atoms with Crippen molar-refractivity contribution in [3.05, 3.63) is 41.3 Å². The van der Waals surface area contributed by atoms with Crippen molar-refractivity contribution in [1.29, 1.82) is 0 Å². The summed E-state index contributed by atoms with van der Waals surface area (Å²) in [6, 6.07) is 7.08. The fourth-order valence-corrected chi connectivity index (χ4v) is 2.43. The molecule has 1 N–H and O–H groups in total. The first-order chi connectivity index (χ1) is 12.0.